The van der Waals surface area contributed by atoms with Crippen LogP contribution in [0.5, 0.6) is 0 Å². The number of carbonyl (C=O) groups is 2. The summed E-state index contributed by atoms with van der Waals surface area (Å²) in [4.78, 5) is 23.4. The molecule has 0 spiro atoms. The summed E-state index contributed by atoms with van der Waals surface area (Å²) in [5, 5.41) is 11.7. The molecule has 0 bridgehead atoms. The predicted molar refractivity (Wildman–Crippen MR) is 75.1 cm³/mol. The number of hydrogen-bond donors (Lipinski definition) is 2. The maximum absolute atomic E-state index is 11.8. The van der Waals surface area contributed by atoms with Gasteiger partial charge < -0.3 is 10.4 Å². The Labute approximate surface area is 119 Å². The van der Waals surface area contributed by atoms with Gasteiger partial charge >= 0.3 is 5.97 Å². The van der Waals surface area contributed by atoms with Crippen molar-refractivity contribution in [2.45, 2.75) is 26.7 Å². The van der Waals surface area contributed by atoms with Crippen LogP contribution in [-0.2, 0) is 4.79 Å². The van der Waals surface area contributed by atoms with Gasteiger partial charge in [0.15, 0.2) is 0 Å². The topological polar surface area (TPSA) is 66.4 Å². The summed E-state index contributed by atoms with van der Waals surface area (Å²) >= 11 is 4.71. The maximum atomic E-state index is 11.8. The maximum Gasteiger partial charge on any atom is 0.308 e. The van der Waals surface area contributed by atoms with Gasteiger partial charge in [-0.25, -0.2) is 0 Å². The highest BCUT2D eigenvalue weighted by molar-refractivity contribution is 9.11. The Kier molecular flexibility index (Phi) is 5.81. The van der Waals surface area contributed by atoms with Gasteiger partial charge in [-0.3, -0.25) is 9.59 Å². The molecule has 1 amide bonds. The number of hydrogen-bond acceptors (Lipinski definition) is 3. The molecule has 1 aromatic rings. The van der Waals surface area contributed by atoms with Gasteiger partial charge in [-0.2, -0.15) is 0 Å². The fraction of sp³-hybridized carbons (Fsp3) is 0.500. The zero-order chi connectivity index (χ0) is 13.7. The molecule has 0 aliphatic heterocycles. The molecular formula is C12H16BrNO3S. The van der Waals surface area contributed by atoms with Crippen molar-refractivity contribution in [2.24, 2.45) is 5.92 Å². The van der Waals surface area contributed by atoms with E-state index in [9.17, 15) is 9.59 Å². The quantitative estimate of drug-likeness (QED) is 0.840. The number of carboxylic acid groups (broad SMARTS) is 1. The lowest BCUT2D eigenvalue weighted by Crippen LogP contribution is -2.32. The van der Waals surface area contributed by atoms with E-state index >= 15 is 0 Å². The zero-order valence-electron chi connectivity index (χ0n) is 10.3. The van der Waals surface area contributed by atoms with Gasteiger partial charge in [0.1, 0.15) is 0 Å². The predicted octanol–water partition coefficient (Wildman–Crippen LogP) is 3.05. The van der Waals surface area contributed by atoms with E-state index < -0.39 is 11.9 Å². The third-order valence-corrected chi connectivity index (χ3v) is 4.71. The molecule has 1 rings (SSSR count). The Balaban J connectivity index is 2.57. The van der Waals surface area contributed by atoms with Gasteiger partial charge in [-0.05, 0) is 40.9 Å². The number of rotatable bonds is 6. The standard InChI is InChI=1S/C12H16BrNO3S/c1-3-4-8(12(16)17)6-14-11(15)9-5-7(2)10(13)18-9/h5,8H,3-4,6H2,1-2H3,(H,14,15)(H,16,17). The van der Waals surface area contributed by atoms with Crippen molar-refractivity contribution < 1.29 is 14.7 Å². The SMILES string of the molecule is CCCC(CNC(=O)c1cc(C)c(Br)s1)C(=O)O. The van der Waals surface area contributed by atoms with E-state index in [-0.39, 0.29) is 12.5 Å². The first-order valence-electron chi connectivity index (χ1n) is 5.72. The van der Waals surface area contributed by atoms with E-state index in [0.717, 1.165) is 15.8 Å². The molecule has 0 fully saturated rings. The fourth-order valence-electron chi connectivity index (χ4n) is 1.54. The fourth-order valence-corrected chi connectivity index (χ4v) is 2.99. The highest BCUT2D eigenvalue weighted by Crippen LogP contribution is 2.27. The second kappa shape index (κ2) is 6.89. The minimum absolute atomic E-state index is 0.177. The molecular weight excluding hydrogens is 318 g/mol. The molecule has 0 aliphatic rings. The molecule has 0 saturated heterocycles. The second-order valence-corrected chi connectivity index (χ2v) is 6.47. The highest BCUT2D eigenvalue weighted by atomic mass is 79.9. The van der Waals surface area contributed by atoms with Crippen LogP contribution in [0.4, 0.5) is 0 Å². The molecule has 1 unspecified atom stereocenters. The number of halogens is 1. The lowest BCUT2D eigenvalue weighted by atomic mass is 10.0. The van der Waals surface area contributed by atoms with E-state index in [0.29, 0.717) is 11.3 Å². The number of aliphatic carboxylic acids is 1. The van der Waals surface area contributed by atoms with Gasteiger partial charge in [0.25, 0.3) is 5.91 Å². The number of amides is 1. The van der Waals surface area contributed by atoms with Crippen molar-refractivity contribution >= 4 is 39.1 Å². The highest BCUT2D eigenvalue weighted by Gasteiger charge is 2.18. The molecule has 0 aromatic carbocycles. The van der Waals surface area contributed by atoms with Gasteiger partial charge in [0.05, 0.1) is 14.6 Å². The summed E-state index contributed by atoms with van der Waals surface area (Å²) in [6.45, 7) is 4.02. The molecule has 1 aromatic heterocycles. The van der Waals surface area contributed by atoms with Crippen LogP contribution in [0.1, 0.15) is 35.0 Å². The van der Waals surface area contributed by atoms with Gasteiger partial charge in [-0.15, -0.1) is 11.3 Å². The number of carboxylic acids is 1. The summed E-state index contributed by atoms with van der Waals surface area (Å²) in [6, 6.07) is 1.79. The minimum Gasteiger partial charge on any atom is -0.481 e. The molecule has 1 heterocycles. The summed E-state index contributed by atoms with van der Waals surface area (Å²) in [6.07, 6.45) is 1.36. The van der Waals surface area contributed by atoms with Crippen LogP contribution in [-0.4, -0.2) is 23.5 Å². The van der Waals surface area contributed by atoms with E-state index in [2.05, 4.69) is 21.2 Å². The Bertz CT molecular complexity index is 425. The molecule has 0 saturated carbocycles. The smallest absolute Gasteiger partial charge is 0.308 e. The van der Waals surface area contributed by atoms with Gasteiger partial charge in [-0.1, -0.05) is 13.3 Å². The molecule has 0 radical (unpaired) electrons. The first-order valence-corrected chi connectivity index (χ1v) is 7.33. The molecule has 0 aliphatic carbocycles. The first kappa shape index (κ1) is 15.2. The second-order valence-electron chi connectivity index (χ2n) is 4.10. The van der Waals surface area contributed by atoms with Crippen molar-refractivity contribution in [2.75, 3.05) is 6.54 Å². The van der Waals surface area contributed by atoms with Crippen LogP contribution in [0, 0.1) is 12.8 Å². The van der Waals surface area contributed by atoms with Crippen molar-refractivity contribution in [3.05, 3.63) is 20.3 Å². The van der Waals surface area contributed by atoms with Crippen molar-refractivity contribution in [3.8, 4) is 0 Å². The van der Waals surface area contributed by atoms with Crippen LogP contribution in [0.15, 0.2) is 9.85 Å². The lowest BCUT2D eigenvalue weighted by Gasteiger charge is -2.11. The van der Waals surface area contributed by atoms with E-state index in [1.54, 1.807) is 6.07 Å². The third-order valence-electron chi connectivity index (χ3n) is 2.58. The number of thiophene rings is 1. The number of nitrogens with one attached hydrogen (secondary N) is 1. The number of aryl methyl sites for hydroxylation is 1. The Morgan fingerprint density at radius 2 is 2.22 bits per heavy atom. The molecule has 18 heavy (non-hydrogen) atoms. The summed E-state index contributed by atoms with van der Waals surface area (Å²) in [5.41, 5.74) is 1.01. The van der Waals surface area contributed by atoms with Crippen molar-refractivity contribution in [1.29, 1.82) is 0 Å². The zero-order valence-corrected chi connectivity index (χ0v) is 12.7. The van der Waals surface area contributed by atoms with Gasteiger partial charge in [0.2, 0.25) is 0 Å². The van der Waals surface area contributed by atoms with E-state index in [1.807, 2.05) is 13.8 Å². The third kappa shape index (κ3) is 4.10. The Morgan fingerprint density at radius 3 is 2.67 bits per heavy atom. The summed E-state index contributed by atoms with van der Waals surface area (Å²) in [7, 11) is 0. The molecule has 2 N–H and O–H groups in total. The summed E-state index contributed by atoms with van der Waals surface area (Å²) < 4.78 is 0.927. The normalized spacial score (nSPS) is 12.2. The van der Waals surface area contributed by atoms with Crippen LogP contribution in [0.2, 0.25) is 0 Å². The Morgan fingerprint density at radius 1 is 1.56 bits per heavy atom. The van der Waals surface area contributed by atoms with Crippen LogP contribution < -0.4 is 5.32 Å². The van der Waals surface area contributed by atoms with E-state index in [1.165, 1.54) is 11.3 Å². The first-order chi connectivity index (χ1) is 8.45. The Hall–Kier alpha value is -0.880. The number of carbonyl (C=O) groups excluding carboxylic acids is 1. The van der Waals surface area contributed by atoms with E-state index in [4.69, 9.17) is 5.11 Å². The molecule has 100 valence electrons. The van der Waals surface area contributed by atoms with Crippen molar-refractivity contribution in [1.82, 2.24) is 5.32 Å². The van der Waals surface area contributed by atoms with Crippen LogP contribution in [0.25, 0.3) is 0 Å². The molecule has 6 heteroatoms. The average Bonchev–Trinajstić information content (AvgIpc) is 2.64. The average molecular weight is 334 g/mol. The van der Waals surface area contributed by atoms with Crippen molar-refractivity contribution in [3.63, 3.8) is 0 Å². The van der Waals surface area contributed by atoms with Gasteiger partial charge in [0, 0.05) is 6.54 Å². The minimum atomic E-state index is -0.860. The summed E-state index contributed by atoms with van der Waals surface area (Å²) in [5.74, 6) is -1.58. The van der Waals surface area contributed by atoms with Crippen LogP contribution in [0.3, 0.4) is 0 Å². The monoisotopic (exact) mass is 333 g/mol. The molecule has 1 atom stereocenters. The van der Waals surface area contributed by atoms with Crippen LogP contribution >= 0.6 is 27.3 Å². The lowest BCUT2D eigenvalue weighted by molar-refractivity contribution is -0.141. The molecule has 4 nitrogen and oxygen atoms in total. The largest absolute Gasteiger partial charge is 0.481 e.